The molecule has 0 unspecified atom stereocenters. The van der Waals surface area contributed by atoms with Gasteiger partial charge in [0, 0.05) is 0 Å². The summed E-state index contributed by atoms with van der Waals surface area (Å²) in [4.78, 5) is 0. The number of benzene rings is 1. The normalized spacial score (nSPS) is 11.0. The average Bonchev–Trinajstić information content (AvgIpc) is 1.99. The van der Waals surface area contributed by atoms with Crippen LogP contribution in [0.3, 0.4) is 0 Å². The molecule has 0 heterocycles. The van der Waals surface area contributed by atoms with Crippen LogP contribution in [0.25, 0.3) is 0 Å². The van der Waals surface area contributed by atoms with E-state index in [9.17, 15) is 0 Å². The standard InChI is InChI=1S/C11H18N2/c1-6-5-7(2)10(11(12)13)9(4)8(6)3/h5,11H,12-13H2,1-4H3. The largest absolute Gasteiger partial charge is 0.312 e. The van der Waals surface area contributed by atoms with Gasteiger partial charge in [-0.15, -0.1) is 0 Å². The first-order valence-electron chi connectivity index (χ1n) is 4.53. The Kier molecular flexibility index (Phi) is 2.74. The van der Waals surface area contributed by atoms with Crippen molar-refractivity contribution in [2.24, 2.45) is 11.5 Å². The molecule has 0 amide bonds. The zero-order valence-corrected chi connectivity index (χ0v) is 8.81. The van der Waals surface area contributed by atoms with E-state index in [0.717, 1.165) is 5.56 Å². The second kappa shape index (κ2) is 3.48. The van der Waals surface area contributed by atoms with Gasteiger partial charge in [-0.3, -0.25) is 0 Å². The van der Waals surface area contributed by atoms with Crippen LogP contribution < -0.4 is 11.5 Å². The van der Waals surface area contributed by atoms with Crippen molar-refractivity contribution in [1.29, 1.82) is 0 Å². The predicted octanol–water partition coefficient (Wildman–Crippen LogP) is 1.84. The van der Waals surface area contributed by atoms with Crippen molar-refractivity contribution in [1.82, 2.24) is 0 Å². The van der Waals surface area contributed by atoms with E-state index in [1.807, 2.05) is 0 Å². The monoisotopic (exact) mass is 178 g/mol. The van der Waals surface area contributed by atoms with Gasteiger partial charge in [-0.05, 0) is 55.5 Å². The van der Waals surface area contributed by atoms with E-state index in [1.54, 1.807) is 0 Å². The first-order chi connectivity index (χ1) is 5.95. The third-order valence-electron chi connectivity index (χ3n) is 2.75. The molecule has 0 aromatic heterocycles. The summed E-state index contributed by atoms with van der Waals surface area (Å²) in [6, 6.07) is 2.14. The maximum atomic E-state index is 5.71. The second-order valence-corrected chi connectivity index (χ2v) is 3.70. The van der Waals surface area contributed by atoms with Crippen molar-refractivity contribution >= 4 is 0 Å². The maximum Gasteiger partial charge on any atom is 0.0789 e. The van der Waals surface area contributed by atoms with Crippen molar-refractivity contribution in [2.75, 3.05) is 0 Å². The van der Waals surface area contributed by atoms with Crippen LogP contribution in [-0.2, 0) is 0 Å². The molecule has 4 N–H and O–H groups in total. The summed E-state index contributed by atoms with van der Waals surface area (Å²) in [6.07, 6.45) is -0.362. The zero-order valence-electron chi connectivity index (χ0n) is 8.81. The van der Waals surface area contributed by atoms with E-state index in [1.165, 1.54) is 22.3 Å². The Balaban J connectivity index is 3.44. The topological polar surface area (TPSA) is 52.0 Å². The molecule has 0 saturated carbocycles. The lowest BCUT2D eigenvalue weighted by Gasteiger charge is -2.17. The molecule has 0 bridgehead atoms. The van der Waals surface area contributed by atoms with Crippen molar-refractivity contribution in [3.05, 3.63) is 33.9 Å². The van der Waals surface area contributed by atoms with Crippen LogP contribution >= 0.6 is 0 Å². The molecule has 0 saturated heterocycles. The number of nitrogens with two attached hydrogens (primary N) is 2. The molecule has 2 nitrogen and oxygen atoms in total. The Morgan fingerprint density at radius 1 is 0.923 bits per heavy atom. The molecular formula is C11H18N2. The highest BCUT2D eigenvalue weighted by Gasteiger charge is 2.10. The average molecular weight is 178 g/mol. The third kappa shape index (κ3) is 1.74. The van der Waals surface area contributed by atoms with Crippen LogP contribution in [0, 0.1) is 27.7 Å². The lowest BCUT2D eigenvalue weighted by Crippen LogP contribution is -2.22. The fourth-order valence-corrected chi connectivity index (χ4v) is 1.82. The van der Waals surface area contributed by atoms with Crippen LogP contribution in [0.4, 0.5) is 0 Å². The van der Waals surface area contributed by atoms with Gasteiger partial charge in [-0.1, -0.05) is 6.07 Å². The van der Waals surface area contributed by atoms with E-state index < -0.39 is 0 Å². The van der Waals surface area contributed by atoms with Crippen LogP contribution in [0.1, 0.15) is 34.0 Å². The number of hydrogen-bond donors (Lipinski definition) is 2. The van der Waals surface area contributed by atoms with E-state index in [4.69, 9.17) is 11.5 Å². The summed E-state index contributed by atoms with van der Waals surface area (Å²) in [5.41, 5.74) is 17.5. The number of hydrogen-bond acceptors (Lipinski definition) is 2. The highest BCUT2D eigenvalue weighted by molar-refractivity contribution is 5.45. The van der Waals surface area contributed by atoms with Gasteiger partial charge in [-0.25, -0.2) is 0 Å². The molecule has 0 aliphatic heterocycles. The van der Waals surface area contributed by atoms with Crippen molar-refractivity contribution in [3.63, 3.8) is 0 Å². The van der Waals surface area contributed by atoms with Gasteiger partial charge in [0.1, 0.15) is 0 Å². The van der Waals surface area contributed by atoms with Crippen LogP contribution in [-0.4, -0.2) is 0 Å². The lowest BCUT2D eigenvalue weighted by atomic mass is 9.93. The molecular weight excluding hydrogens is 160 g/mol. The fraction of sp³-hybridized carbons (Fsp3) is 0.455. The second-order valence-electron chi connectivity index (χ2n) is 3.70. The highest BCUT2D eigenvalue weighted by Crippen LogP contribution is 2.23. The van der Waals surface area contributed by atoms with Gasteiger partial charge >= 0.3 is 0 Å². The molecule has 0 aliphatic carbocycles. The van der Waals surface area contributed by atoms with E-state index in [2.05, 4.69) is 33.8 Å². The van der Waals surface area contributed by atoms with E-state index >= 15 is 0 Å². The van der Waals surface area contributed by atoms with Gasteiger partial charge < -0.3 is 11.5 Å². The summed E-state index contributed by atoms with van der Waals surface area (Å²) in [5.74, 6) is 0. The Bertz CT molecular complexity index is 327. The molecule has 0 fully saturated rings. The molecule has 13 heavy (non-hydrogen) atoms. The molecule has 1 aromatic carbocycles. The van der Waals surface area contributed by atoms with E-state index in [-0.39, 0.29) is 6.17 Å². The minimum Gasteiger partial charge on any atom is -0.312 e. The van der Waals surface area contributed by atoms with Gasteiger partial charge in [-0.2, -0.15) is 0 Å². The molecule has 0 radical (unpaired) electrons. The fourth-order valence-electron chi connectivity index (χ4n) is 1.82. The van der Waals surface area contributed by atoms with Crippen LogP contribution in [0.2, 0.25) is 0 Å². The summed E-state index contributed by atoms with van der Waals surface area (Å²) >= 11 is 0. The Morgan fingerprint density at radius 2 is 1.46 bits per heavy atom. The third-order valence-corrected chi connectivity index (χ3v) is 2.75. The maximum absolute atomic E-state index is 5.71. The van der Waals surface area contributed by atoms with Gasteiger partial charge in [0.05, 0.1) is 6.17 Å². The molecule has 0 spiro atoms. The summed E-state index contributed by atoms with van der Waals surface area (Å²) in [7, 11) is 0. The Morgan fingerprint density at radius 3 is 1.92 bits per heavy atom. The van der Waals surface area contributed by atoms with Gasteiger partial charge in [0.2, 0.25) is 0 Å². The van der Waals surface area contributed by atoms with Gasteiger partial charge in [0.25, 0.3) is 0 Å². The smallest absolute Gasteiger partial charge is 0.0789 e. The molecule has 72 valence electrons. The van der Waals surface area contributed by atoms with Crippen LogP contribution in [0.5, 0.6) is 0 Å². The minimum atomic E-state index is -0.362. The molecule has 0 aliphatic rings. The summed E-state index contributed by atoms with van der Waals surface area (Å²) in [6.45, 7) is 8.36. The lowest BCUT2D eigenvalue weighted by molar-refractivity contribution is 0.757. The first-order valence-corrected chi connectivity index (χ1v) is 4.53. The minimum absolute atomic E-state index is 0.362. The summed E-state index contributed by atoms with van der Waals surface area (Å²) in [5, 5.41) is 0. The Labute approximate surface area is 79.9 Å². The quantitative estimate of drug-likeness (QED) is 0.645. The van der Waals surface area contributed by atoms with E-state index in [0.29, 0.717) is 0 Å². The molecule has 0 atom stereocenters. The highest BCUT2D eigenvalue weighted by atomic mass is 14.8. The summed E-state index contributed by atoms with van der Waals surface area (Å²) < 4.78 is 0. The number of aryl methyl sites for hydroxylation is 2. The SMILES string of the molecule is Cc1cc(C)c(C(N)N)c(C)c1C. The van der Waals surface area contributed by atoms with Crippen molar-refractivity contribution in [2.45, 2.75) is 33.9 Å². The number of rotatable bonds is 1. The zero-order chi connectivity index (χ0) is 10.2. The molecule has 1 rings (SSSR count). The Hall–Kier alpha value is -0.860. The van der Waals surface area contributed by atoms with Gasteiger partial charge in [0.15, 0.2) is 0 Å². The first kappa shape index (κ1) is 10.2. The molecule has 2 heteroatoms. The van der Waals surface area contributed by atoms with Crippen molar-refractivity contribution < 1.29 is 0 Å². The van der Waals surface area contributed by atoms with Crippen LogP contribution in [0.15, 0.2) is 6.07 Å². The van der Waals surface area contributed by atoms with Crippen molar-refractivity contribution in [3.8, 4) is 0 Å². The predicted molar refractivity (Wildman–Crippen MR) is 56.5 cm³/mol. The molecule has 1 aromatic rings.